The van der Waals surface area contributed by atoms with E-state index in [0.29, 0.717) is 17.9 Å². The van der Waals surface area contributed by atoms with Gasteiger partial charge in [-0.2, -0.15) is 0 Å². The van der Waals surface area contributed by atoms with Gasteiger partial charge >= 0.3 is 0 Å². The summed E-state index contributed by atoms with van der Waals surface area (Å²) in [4.78, 5) is 16.5. The van der Waals surface area contributed by atoms with E-state index in [1.54, 1.807) is 6.07 Å². The number of carbonyl (C=O) groups excluding carboxylic acids is 1. The van der Waals surface area contributed by atoms with Gasteiger partial charge in [0.15, 0.2) is 17.6 Å². The first-order valence-corrected chi connectivity index (χ1v) is 9.00. The van der Waals surface area contributed by atoms with Crippen LogP contribution < -0.4 is 9.62 Å². The number of unbranched alkanes of at least 4 members (excludes halogenated alkanes) is 7. The first-order valence-electron chi connectivity index (χ1n) is 9.00. The highest BCUT2D eigenvalue weighted by Gasteiger charge is 2.29. The molecular formula is C19H28O5. The Morgan fingerprint density at radius 3 is 2.54 bits per heavy atom. The van der Waals surface area contributed by atoms with Crippen molar-refractivity contribution >= 4 is 5.78 Å². The molecule has 1 aliphatic rings. The summed E-state index contributed by atoms with van der Waals surface area (Å²) in [6.07, 6.45) is 9.36. The van der Waals surface area contributed by atoms with Gasteiger partial charge in [-0.05, 0) is 18.6 Å². The predicted molar refractivity (Wildman–Crippen MR) is 91.9 cm³/mol. The minimum atomic E-state index is -0.539. The minimum absolute atomic E-state index is 0.0692. The van der Waals surface area contributed by atoms with Crippen LogP contribution in [0, 0.1) is 0 Å². The van der Waals surface area contributed by atoms with E-state index in [1.165, 1.54) is 50.7 Å². The molecule has 24 heavy (non-hydrogen) atoms. The van der Waals surface area contributed by atoms with E-state index in [2.05, 4.69) is 11.8 Å². The molecule has 1 heterocycles. The normalized spacial score (nSPS) is 16.6. The highest BCUT2D eigenvalue weighted by Crippen LogP contribution is 2.29. The number of carbonyl (C=O) groups is 1. The molecule has 2 rings (SSSR count). The molecule has 134 valence electrons. The number of benzene rings is 1. The predicted octanol–water partition coefficient (Wildman–Crippen LogP) is 4.64. The summed E-state index contributed by atoms with van der Waals surface area (Å²) < 4.78 is 11.2. The molecular weight excluding hydrogens is 308 g/mol. The summed E-state index contributed by atoms with van der Waals surface area (Å²) in [5.41, 5.74) is 0.475. The summed E-state index contributed by atoms with van der Waals surface area (Å²) in [5, 5.41) is 8.64. The summed E-state index contributed by atoms with van der Waals surface area (Å²) >= 11 is 0. The molecule has 1 aliphatic heterocycles. The van der Waals surface area contributed by atoms with Gasteiger partial charge in [-0.25, -0.2) is 5.26 Å². The van der Waals surface area contributed by atoms with Gasteiger partial charge in [-0.3, -0.25) is 4.79 Å². The first-order chi connectivity index (χ1) is 11.8. The van der Waals surface area contributed by atoms with Crippen molar-refractivity contribution < 1.29 is 24.4 Å². The van der Waals surface area contributed by atoms with Crippen LogP contribution in [0.5, 0.6) is 11.5 Å². The zero-order chi connectivity index (χ0) is 17.2. The topological polar surface area (TPSA) is 65.0 Å². The Kier molecular flexibility index (Phi) is 8.05. The summed E-state index contributed by atoms with van der Waals surface area (Å²) in [6.45, 7) is 3.02. The van der Waals surface area contributed by atoms with Crippen molar-refractivity contribution in [1.82, 2.24) is 0 Å². The monoisotopic (exact) mass is 336 g/mol. The van der Waals surface area contributed by atoms with Gasteiger partial charge in [-0.15, -0.1) is 0 Å². The second kappa shape index (κ2) is 10.3. The molecule has 0 spiro atoms. The van der Waals surface area contributed by atoms with Crippen LogP contribution >= 0.6 is 0 Å². The average molecular weight is 336 g/mol. The molecule has 5 nitrogen and oxygen atoms in total. The van der Waals surface area contributed by atoms with Gasteiger partial charge in [0.2, 0.25) is 0 Å². The van der Waals surface area contributed by atoms with Crippen molar-refractivity contribution in [2.24, 2.45) is 0 Å². The summed E-state index contributed by atoms with van der Waals surface area (Å²) in [6, 6.07) is 4.62. The molecule has 1 atom stereocenters. The number of ether oxygens (including phenoxy) is 2. The van der Waals surface area contributed by atoms with Gasteiger partial charge in [-0.1, -0.05) is 51.9 Å². The second-order valence-electron chi connectivity index (χ2n) is 6.26. The lowest BCUT2D eigenvalue weighted by Crippen LogP contribution is -2.35. The van der Waals surface area contributed by atoms with Gasteiger partial charge in [0.1, 0.15) is 12.4 Å². The molecule has 0 aliphatic carbocycles. The fourth-order valence-electron chi connectivity index (χ4n) is 2.88. The number of rotatable bonds is 11. The van der Waals surface area contributed by atoms with Crippen molar-refractivity contribution in [2.45, 2.75) is 64.4 Å². The average Bonchev–Trinajstić information content (AvgIpc) is 2.61. The van der Waals surface area contributed by atoms with Gasteiger partial charge < -0.3 is 14.4 Å². The number of hydrogen-bond acceptors (Lipinski definition) is 5. The van der Waals surface area contributed by atoms with Gasteiger partial charge in [0.05, 0.1) is 5.56 Å². The number of fused-ring (bicyclic) bond motifs is 1. The zero-order valence-corrected chi connectivity index (χ0v) is 14.5. The van der Waals surface area contributed by atoms with E-state index in [1.807, 2.05) is 0 Å². The molecule has 1 N–H and O–H groups in total. The molecule has 0 saturated carbocycles. The smallest absolute Gasteiger partial charge is 0.198 e. The molecule has 0 saturated heterocycles. The Hall–Kier alpha value is -1.59. The quantitative estimate of drug-likeness (QED) is 0.362. The van der Waals surface area contributed by atoms with Crippen molar-refractivity contribution in [2.75, 3.05) is 13.2 Å². The highest BCUT2D eigenvalue weighted by atomic mass is 17.1. The zero-order valence-electron chi connectivity index (χ0n) is 14.5. The molecule has 1 aromatic carbocycles. The van der Waals surface area contributed by atoms with E-state index >= 15 is 0 Å². The Morgan fingerprint density at radius 1 is 1.12 bits per heavy atom. The molecule has 0 amide bonds. The van der Waals surface area contributed by atoms with Gasteiger partial charge in [0, 0.05) is 12.7 Å². The summed E-state index contributed by atoms with van der Waals surface area (Å²) in [7, 11) is 0. The Labute approximate surface area is 143 Å². The molecule has 5 heteroatoms. The SMILES string of the molecule is CCCCCCCCCCOC1COc2cc(OO)ccc2C1=O. The van der Waals surface area contributed by atoms with Crippen LogP contribution in [0.3, 0.4) is 0 Å². The fourth-order valence-corrected chi connectivity index (χ4v) is 2.88. The van der Waals surface area contributed by atoms with E-state index in [9.17, 15) is 4.79 Å². The van der Waals surface area contributed by atoms with Crippen LogP contribution in [0.25, 0.3) is 0 Å². The Morgan fingerprint density at radius 2 is 1.83 bits per heavy atom. The van der Waals surface area contributed by atoms with Crippen molar-refractivity contribution in [1.29, 1.82) is 0 Å². The molecule has 1 aromatic rings. The Bertz CT molecular complexity index is 514. The number of hydrogen-bond donors (Lipinski definition) is 1. The van der Waals surface area contributed by atoms with Crippen molar-refractivity contribution in [3.63, 3.8) is 0 Å². The molecule has 0 radical (unpaired) electrons. The Balaban J connectivity index is 1.65. The van der Waals surface area contributed by atoms with Crippen LogP contribution in [0.2, 0.25) is 0 Å². The largest absolute Gasteiger partial charge is 0.489 e. The van der Waals surface area contributed by atoms with E-state index in [-0.39, 0.29) is 18.1 Å². The maximum Gasteiger partial charge on any atom is 0.198 e. The van der Waals surface area contributed by atoms with Crippen LogP contribution in [0.1, 0.15) is 68.6 Å². The third-order valence-electron chi connectivity index (χ3n) is 4.32. The molecule has 0 aromatic heterocycles. The van der Waals surface area contributed by atoms with Crippen LogP contribution in [0.4, 0.5) is 0 Å². The molecule has 0 bridgehead atoms. The van der Waals surface area contributed by atoms with E-state index < -0.39 is 6.10 Å². The van der Waals surface area contributed by atoms with Crippen LogP contribution in [-0.4, -0.2) is 30.4 Å². The van der Waals surface area contributed by atoms with Crippen LogP contribution in [-0.2, 0) is 4.74 Å². The summed E-state index contributed by atoms with van der Waals surface area (Å²) in [5.74, 6) is 0.610. The maximum absolute atomic E-state index is 12.4. The standard InChI is InChI=1S/C19H28O5/c1-2-3-4-5-6-7-8-9-12-22-18-14-23-17-13-15(24-21)10-11-16(17)19(18)20/h10-11,13,18,21H,2-9,12,14H2,1H3. The third kappa shape index (κ3) is 5.49. The third-order valence-corrected chi connectivity index (χ3v) is 4.32. The lowest BCUT2D eigenvalue weighted by Gasteiger charge is -2.24. The molecule has 0 fully saturated rings. The maximum atomic E-state index is 12.4. The van der Waals surface area contributed by atoms with Gasteiger partial charge in [0.25, 0.3) is 0 Å². The minimum Gasteiger partial charge on any atom is -0.489 e. The lowest BCUT2D eigenvalue weighted by molar-refractivity contribution is -0.137. The van der Waals surface area contributed by atoms with Crippen molar-refractivity contribution in [3.8, 4) is 11.5 Å². The first kappa shape index (κ1) is 18.7. The lowest BCUT2D eigenvalue weighted by atomic mass is 10.0. The number of ketones is 1. The second-order valence-corrected chi connectivity index (χ2v) is 6.26. The highest BCUT2D eigenvalue weighted by molar-refractivity contribution is 6.03. The number of Topliss-reactive ketones (excluding diaryl/α,β-unsaturated/α-hetero) is 1. The van der Waals surface area contributed by atoms with E-state index in [0.717, 1.165) is 12.8 Å². The van der Waals surface area contributed by atoms with E-state index in [4.69, 9.17) is 14.7 Å². The fraction of sp³-hybridized carbons (Fsp3) is 0.632. The van der Waals surface area contributed by atoms with Crippen LogP contribution in [0.15, 0.2) is 18.2 Å². The van der Waals surface area contributed by atoms with Crippen molar-refractivity contribution in [3.05, 3.63) is 23.8 Å². The molecule has 1 unspecified atom stereocenters.